The molecule has 0 amide bonds. The molecule has 2 rings (SSSR count). The molecule has 0 unspecified atom stereocenters. The monoisotopic (exact) mass is 324 g/mol. The average Bonchev–Trinajstić information content (AvgIpc) is 2.80. The summed E-state index contributed by atoms with van der Waals surface area (Å²) in [5.74, 6) is 2.48. The Morgan fingerprint density at radius 2 is 2.11 bits per heavy atom. The maximum absolute atomic E-state index is 4.53. The summed E-state index contributed by atoms with van der Waals surface area (Å²) >= 11 is 3.42. The van der Waals surface area contributed by atoms with Crippen molar-refractivity contribution in [3.8, 4) is 0 Å². The highest BCUT2D eigenvalue weighted by Gasteiger charge is 2.18. The maximum Gasteiger partial charge on any atom is 0.137 e. The molecule has 0 aliphatic rings. The van der Waals surface area contributed by atoms with Gasteiger partial charge in [-0.3, -0.25) is 5.10 Å². The molecule has 7 heteroatoms. The van der Waals surface area contributed by atoms with Crippen molar-refractivity contribution in [1.82, 2.24) is 25.1 Å². The van der Waals surface area contributed by atoms with E-state index in [0.29, 0.717) is 0 Å². The summed E-state index contributed by atoms with van der Waals surface area (Å²) < 4.78 is 0.787. The Hall–Kier alpha value is -1.50. The molecule has 6 nitrogen and oxygen atoms in total. The summed E-state index contributed by atoms with van der Waals surface area (Å²) in [6, 6.07) is 1.87. The molecule has 0 aromatic carbocycles. The molecule has 0 aliphatic carbocycles. The summed E-state index contributed by atoms with van der Waals surface area (Å²) in [5.41, 5.74) is -0.0782. The predicted molar refractivity (Wildman–Crippen MR) is 77.0 cm³/mol. The second kappa shape index (κ2) is 5.64. The summed E-state index contributed by atoms with van der Waals surface area (Å²) in [6.07, 6.45) is 2.28. The van der Waals surface area contributed by atoms with Gasteiger partial charge in [0.2, 0.25) is 0 Å². The number of hydrogen-bond acceptors (Lipinski definition) is 5. The summed E-state index contributed by atoms with van der Waals surface area (Å²) in [5, 5.41) is 9.91. The smallest absolute Gasteiger partial charge is 0.137 e. The van der Waals surface area contributed by atoms with E-state index >= 15 is 0 Å². The van der Waals surface area contributed by atoms with Gasteiger partial charge in [0.05, 0.1) is 0 Å². The molecule has 19 heavy (non-hydrogen) atoms. The van der Waals surface area contributed by atoms with Crippen molar-refractivity contribution < 1.29 is 0 Å². The number of halogens is 1. The van der Waals surface area contributed by atoms with Gasteiger partial charge in [0, 0.05) is 24.4 Å². The van der Waals surface area contributed by atoms with Crippen LogP contribution in [0.1, 0.15) is 32.4 Å². The van der Waals surface area contributed by atoms with Crippen LogP contribution in [-0.4, -0.2) is 31.7 Å². The quantitative estimate of drug-likeness (QED) is 0.843. The van der Waals surface area contributed by atoms with Gasteiger partial charge in [-0.05, 0) is 15.9 Å². The van der Waals surface area contributed by atoms with Crippen LogP contribution >= 0.6 is 15.9 Å². The van der Waals surface area contributed by atoms with E-state index in [1.165, 1.54) is 6.33 Å². The van der Waals surface area contributed by atoms with E-state index in [4.69, 9.17) is 0 Å². The molecule has 0 saturated heterocycles. The lowest BCUT2D eigenvalue weighted by atomic mass is 9.96. The van der Waals surface area contributed by atoms with Crippen LogP contribution in [-0.2, 0) is 11.8 Å². The van der Waals surface area contributed by atoms with E-state index in [-0.39, 0.29) is 5.41 Å². The van der Waals surface area contributed by atoms with Crippen LogP contribution in [0.4, 0.5) is 5.82 Å². The van der Waals surface area contributed by atoms with Gasteiger partial charge < -0.3 is 5.32 Å². The molecule has 0 radical (unpaired) electrons. The highest BCUT2D eigenvalue weighted by atomic mass is 79.9. The Morgan fingerprint density at radius 3 is 2.74 bits per heavy atom. The lowest BCUT2D eigenvalue weighted by Gasteiger charge is -2.17. The average molecular weight is 325 g/mol. The first-order valence-electron chi connectivity index (χ1n) is 6.08. The Labute approximate surface area is 120 Å². The van der Waals surface area contributed by atoms with Gasteiger partial charge in [-0.25, -0.2) is 15.0 Å². The number of nitrogens with one attached hydrogen (secondary N) is 2. The van der Waals surface area contributed by atoms with Crippen molar-refractivity contribution in [2.45, 2.75) is 32.6 Å². The fraction of sp³-hybridized carbons (Fsp3) is 0.500. The molecular formula is C12H17BrN6. The third-order valence-electron chi connectivity index (χ3n) is 2.50. The minimum Gasteiger partial charge on any atom is -0.369 e. The maximum atomic E-state index is 4.53. The van der Waals surface area contributed by atoms with Crippen LogP contribution in [0.25, 0.3) is 0 Å². The van der Waals surface area contributed by atoms with Crippen LogP contribution in [0.5, 0.6) is 0 Å². The van der Waals surface area contributed by atoms with Gasteiger partial charge in [0.25, 0.3) is 0 Å². The van der Waals surface area contributed by atoms with E-state index in [0.717, 1.165) is 35.0 Å². The van der Waals surface area contributed by atoms with Crippen molar-refractivity contribution in [2.75, 3.05) is 11.9 Å². The largest absolute Gasteiger partial charge is 0.369 e. The minimum absolute atomic E-state index is 0.0782. The molecule has 2 aromatic heterocycles. The van der Waals surface area contributed by atoms with E-state index in [1.54, 1.807) is 0 Å². The molecule has 2 aromatic rings. The number of hydrogen-bond donors (Lipinski definition) is 2. The number of H-pyrrole nitrogens is 1. The molecule has 2 N–H and O–H groups in total. The van der Waals surface area contributed by atoms with E-state index in [1.807, 2.05) is 6.07 Å². The Balaban J connectivity index is 2.02. The summed E-state index contributed by atoms with van der Waals surface area (Å²) in [7, 11) is 0. The second-order valence-corrected chi connectivity index (χ2v) is 6.07. The van der Waals surface area contributed by atoms with Crippen molar-refractivity contribution in [3.63, 3.8) is 0 Å². The molecule has 2 heterocycles. The zero-order chi connectivity index (χ0) is 13.9. The minimum atomic E-state index is -0.0782. The lowest BCUT2D eigenvalue weighted by Crippen LogP contribution is -2.18. The topological polar surface area (TPSA) is 79.4 Å². The molecule has 0 fully saturated rings. The number of anilines is 1. The highest BCUT2D eigenvalue weighted by molar-refractivity contribution is 9.10. The first kappa shape index (κ1) is 13.9. The van der Waals surface area contributed by atoms with Crippen molar-refractivity contribution in [3.05, 3.63) is 28.6 Å². The zero-order valence-corrected chi connectivity index (χ0v) is 12.8. The van der Waals surface area contributed by atoms with Gasteiger partial charge in [-0.2, -0.15) is 5.10 Å². The third-order valence-corrected chi connectivity index (χ3v) is 2.90. The SMILES string of the molecule is CC(C)(C)c1nc(Br)cc(NCCc2ncn[nH]2)n1. The molecular weight excluding hydrogens is 308 g/mol. The summed E-state index contributed by atoms with van der Waals surface area (Å²) in [6.45, 7) is 7.01. The molecule has 0 spiro atoms. The summed E-state index contributed by atoms with van der Waals surface area (Å²) in [4.78, 5) is 13.0. The van der Waals surface area contributed by atoms with Crippen LogP contribution < -0.4 is 5.32 Å². The van der Waals surface area contributed by atoms with E-state index < -0.39 is 0 Å². The first-order valence-corrected chi connectivity index (χ1v) is 6.87. The normalized spacial score (nSPS) is 11.6. The number of aromatic amines is 1. The Morgan fingerprint density at radius 1 is 1.32 bits per heavy atom. The standard InChI is InChI=1S/C12H17BrN6/c1-12(2,3)11-17-8(13)6-10(18-11)14-5-4-9-15-7-16-19-9/h6-7H,4-5H2,1-3H3,(H,14,17,18)(H,15,16,19). The number of aromatic nitrogens is 5. The Bertz CT molecular complexity index is 532. The van der Waals surface area contributed by atoms with Gasteiger partial charge in [0.1, 0.15) is 28.4 Å². The van der Waals surface area contributed by atoms with Crippen molar-refractivity contribution in [2.24, 2.45) is 0 Å². The van der Waals surface area contributed by atoms with Crippen molar-refractivity contribution in [1.29, 1.82) is 0 Å². The molecule has 0 saturated carbocycles. The molecule has 0 aliphatic heterocycles. The van der Waals surface area contributed by atoms with Gasteiger partial charge in [-0.15, -0.1) is 0 Å². The van der Waals surface area contributed by atoms with Crippen LogP contribution in [0, 0.1) is 0 Å². The number of rotatable bonds is 4. The van der Waals surface area contributed by atoms with Gasteiger partial charge in [-0.1, -0.05) is 20.8 Å². The third kappa shape index (κ3) is 3.99. The first-order chi connectivity index (χ1) is 8.95. The Kier molecular flexibility index (Phi) is 4.14. The van der Waals surface area contributed by atoms with Crippen LogP contribution in [0.2, 0.25) is 0 Å². The van der Waals surface area contributed by atoms with Gasteiger partial charge >= 0.3 is 0 Å². The predicted octanol–water partition coefficient (Wildman–Crippen LogP) is 2.31. The zero-order valence-electron chi connectivity index (χ0n) is 11.2. The lowest BCUT2D eigenvalue weighted by molar-refractivity contribution is 0.544. The number of nitrogens with zero attached hydrogens (tertiary/aromatic N) is 4. The molecule has 102 valence electrons. The fourth-order valence-corrected chi connectivity index (χ4v) is 1.89. The highest BCUT2D eigenvalue weighted by Crippen LogP contribution is 2.22. The van der Waals surface area contributed by atoms with Crippen LogP contribution in [0.15, 0.2) is 17.0 Å². The van der Waals surface area contributed by atoms with E-state index in [2.05, 4.69) is 67.2 Å². The van der Waals surface area contributed by atoms with Crippen molar-refractivity contribution >= 4 is 21.7 Å². The molecule has 0 bridgehead atoms. The van der Waals surface area contributed by atoms with E-state index in [9.17, 15) is 0 Å². The van der Waals surface area contributed by atoms with Crippen LogP contribution in [0.3, 0.4) is 0 Å². The van der Waals surface area contributed by atoms with Gasteiger partial charge in [0.15, 0.2) is 0 Å². The fourth-order valence-electron chi connectivity index (χ4n) is 1.50. The molecule has 0 atom stereocenters. The second-order valence-electron chi connectivity index (χ2n) is 5.26.